The largest absolute Gasteiger partial charge is 0.329 e. The zero-order valence-corrected chi connectivity index (χ0v) is 8.14. The molecule has 3 nitrogen and oxygen atoms in total. The van der Waals surface area contributed by atoms with Crippen LogP contribution in [0, 0.1) is 0 Å². The Morgan fingerprint density at radius 1 is 0.818 bits per heavy atom. The fourth-order valence-electron chi connectivity index (χ4n) is 0.671. The van der Waals surface area contributed by atoms with Gasteiger partial charge in [-0.05, 0) is 19.6 Å². The molecule has 0 saturated heterocycles. The van der Waals surface area contributed by atoms with E-state index in [2.05, 4.69) is 25.7 Å². The van der Waals surface area contributed by atoms with E-state index in [-0.39, 0.29) is 0 Å². The summed E-state index contributed by atoms with van der Waals surface area (Å²) < 4.78 is 0. The average molecular weight is 161 g/mol. The van der Waals surface area contributed by atoms with E-state index in [1.807, 2.05) is 0 Å². The third-order valence-corrected chi connectivity index (χ3v) is 1.51. The van der Waals surface area contributed by atoms with Gasteiger partial charge in [-0.2, -0.15) is 0 Å². The highest BCUT2D eigenvalue weighted by molar-refractivity contribution is 4.43. The van der Waals surface area contributed by atoms with E-state index in [0.717, 1.165) is 0 Å². The summed E-state index contributed by atoms with van der Waals surface area (Å²) in [7, 11) is 0. The number of hydrogen-bond donors (Lipinski definition) is 2. The third kappa shape index (κ3) is 13.0. The lowest BCUT2D eigenvalue weighted by molar-refractivity contribution is 0.321. The molecule has 3 heteroatoms. The lowest BCUT2D eigenvalue weighted by Crippen LogP contribution is -2.21. The first-order chi connectivity index (χ1) is 5.26. The normalized spacial score (nSPS) is 9.27. The van der Waals surface area contributed by atoms with Gasteiger partial charge in [-0.25, -0.2) is 0 Å². The van der Waals surface area contributed by atoms with E-state index >= 15 is 0 Å². The van der Waals surface area contributed by atoms with Gasteiger partial charge in [0.25, 0.3) is 0 Å². The second kappa shape index (κ2) is 12.5. The summed E-state index contributed by atoms with van der Waals surface area (Å²) in [6.07, 6.45) is 0. The summed E-state index contributed by atoms with van der Waals surface area (Å²) in [6, 6.07) is 0. The highest BCUT2D eigenvalue weighted by atomic mass is 15.1. The van der Waals surface area contributed by atoms with Crippen LogP contribution in [-0.2, 0) is 0 Å². The van der Waals surface area contributed by atoms with Crippen molar-refractivity contribution in [3.05, 3.63) is 0 Å². The number of nitrogens with zero attached hydrogens (tertiary/aromatic N) is 1. The van der Waals surface area contributed by atoms with Crippen molar-refractivity contribution in [2.45, 2.75) is 20.8 Å². The molecule has 0 rings (SSSR count). The highest BCUT2D eigenvalue weighted by Crippen LogP contribution is 1.81. The van der Waals surface area contributed by atoms with Crippen molar-refractivity contribution >= 4 is 0 Å². The topological polar surface area (TPSA) is 55.3 Å². The molecule has 0 bridgehead atoms. The van der Waals surface area contributed by atoms with Crippen molar-refractivity contribution in [1.29, 1.82) is 0 Å². The van der Waals surface area contributed by atoms with E-state index in [1.54, 1.807) is 0 Å². The molecule has 70 valence electrons. The van der Waals surface area contributed by atoms with Crippen molar-refractivity contribution in [3.8, 4) is 0 Å². The first-order valence-corrected chi connectivity index (χ1v) is 4.39. The van der Waals surface area contributed by atoms with Gasteiger partial charge < -0.3 is 16.4 Å². The van der Waals surface area contributed by atoms with Crippen molar-refractivity contribution in [3.63, 3.8) is 0 Å². The minimum atomic E-state index is 0.597. The summed E-state index contributed by atoms with van der Waals surface area (Å²) in [5, 5.41) is 0. The van der Waals surface area contributed by atoms with Crippen LogP contribution in [0.25, 0.3) is 0 Å². The summed E-state index contributed by atoms with van der Waals surface area (Å²) in [5.41, 5.74) is 9.81. The van der Waals surface area contributed by atoms with E-state index in [1.165, 1.54) is 19.6 Å². The van der Waals surface area contributed by atoms with E-state index in [9.17, 15) is 0 Å². The fraction of sp³-hybridized carbons (Fsp3) is 1.00. The Hall–Kier alpha value is -0.120. The Morgan fingerprint density at radius 2 is 1.09 bits per heavy atom. The Kier molecular flexibility index (Phi) is 15.4. The molecule has 0 spiro atoms. The molecule has 4 N–H and O–H groups in total. The molecule has 0 aromatic carbocycles. The summed E-state index contributed by atoms with van der Waals surface area (Å²) in [5.74, 6) is 0. The van der Waals surface area contributed by atoms with Crippen LogP contribution in [0.3, 0.4) is 0 Å². The standard InChI is InChI=1S/C6H15N.C2H8N2/c1-4-7(5-2)6-3;3-1-2-4/h4-6H2,1-3H3;1-4H2. The van der Waals surface area contributed by atoms with Crippen LogP contribution >= 0.6 is 0 Å². The van der Waals surface area contributed by atoms with Crippen molar-refractivity contribution in [1.82, 2.24) is 4.90 Å². The van der Waals surface area contributed by atoms with Crippen LogP contribution in [0.5, 0.6) is 0 Å². The maximum absolute atomic E-state index is 4.90. The van der Waals surface area contributed by atoms with Crippen molar-refractivity contribution < 1.29 is 0 Å². The van der Waals surface area contributed by atoms with Crippen LogP contribution < -0.4 is 11.5 Å². The Labute approximate surface area is 70.7 Å². The predicted octanol–water partition coefficient (Wildman–Crippen LogP) is 0.252. The minimum absolute atomic E-state index is 0.597. The van der Waals surface area contributed by atoms with Gasteiger partial charge in [0.2, 0.25) is 0 Å². The van der Waals surface area contributed by atoms with Gasteiger partial charge in [-0.1, -0.05) is 20.8 Å². The van der Waals surface area contributed by atoms with Gasteiger partial charge in [0.1, 0.15) is 0 Å². The molecule has 0 aromatic rings. The molecule has 0 aliphatic carbocycles. The first-order valence-electron chi connectivity index (χ1n) is 4.39. The zero-order valence-electron chi connectivity index (χ0n) is 8.14. The van der Waals surface area contributed by atoms with Crippen LogP contribution in [0.2, 0.25) is 0 Å². The molecule has 0 fully saturated rings. The van der Waals surface area contributed by atoms with Gasteiger partial charge in [-0.15, -0.1) is 0 Å². The molecular formula is C8H23N3. The Morgan fingerprint density at radius 3 is 1.09 bits per heavy atom. The second-order valence-electron chi connectivity index (χ2n) is 2.20. The summed E-state index contributed by atoms with van der Waals surface area (Å²) in [6.45, 7) is 11.3. The number of rotatable bonds is 4. The molecule has 0 aliphatic rings. The third-order valence-electron chi connectivity index (χ3n) is 1.51. The fourth-order valence-corrected chi connectivity index (χ4v) is 0.671. The lowest BCUT2D eigenvalue weighted by atomic mass is 10.5. The number of hydrogen-bond acceptors (Lipinski definition) is 3. The van der Waals surface area contributed by atoms with Gasteiger partial charge in [-0.3, -0.25) is 0 Å². The average Bonchev–Trinajstić information content (AvgIpc) is 2.08. The smallest absolute Gasteiger partial charge is 0.00461 e. The van der Waals surface area contributed by atoms with E-state index in [4.69, 9.17) is 11.5 Å². The maximum atomic E-state index is 4.90. The molecule has 0 aromatic heterocycles. The van der Waals surface area contributed by atoms with E-state index in [0.29, 0.717) is 13.1 Å². The summed E-state index contributed by atoms with van der Waals surface area (Å²) >= 11 is 0. The molecular weight excluding hydrogens is 138 g/mol. The van der Waals surface area contributed by atoms with Crippen LogP contribution in [-0.4, -0.2) is 37.6 Å². The van der Waals surface area contributed by atoms with Crippen LogP contribution in [0.1, 0.15) is 20.8 Å². The SMILES string of the molecule is CCN(CC)CC.NCCN. The first kappa shape index (κ1) is 13.5. The lowest BCUT2D eigenvalue weighted by Gasteiger charge is -2.13. The molecule has 0 radical (unpaired) electrons. The van der Waals surface area contributed by atoms with Gasteiger partial charge in [0.05, 0.1) is 0 Å². The monoisotopic (exact) mass is 161 g/mol. The Balaban J connectivity index is 0. The number of nitrogens with two attached hydrogens (primary N) is 2. The Bertz CT molecular complexity index is 45.8. The quantitative estimate of drug-likeness (QED) is 0.621. The predicted molar refractivity (Wildman–Crippen MR) is 51.6 cm³/mol. The molecule has 0 amide bonds. The van der Waals surface area contributed by atoms with E-state index < -0.39 is 0 Å². The molecule has 0 saturated carbocycles. The molecule has 0 unspecified atom stereocenters. The molecule has 0 atom stereocenters. The molecule has 0 aliphatic heterocycles. The van der Waals surface area contributed by atoms with Gasteiger partial charge in [0, 0.05) is 13.1 Å². The molecule has 11 heavy (non-hydrogen) atoms. The molecule has 0 heterocycles. The summed E-state index contributed by atoms with van der Waals surface area (Å²) in [4.78, 5) is 2.38. The van der Waals surface area contributed by atoms with Crippen molar-refractivity contribution in [2.24, 2.45) is 11.5 Å². The minimum Gasteiger partial charge on any atom is -0.329 e. The van der Waals surface area contributed by atoms with Gasteiger partial charge >= 0.3 is 0 Å². The van der Waals surface area contributed by atoms with Crippen LogP contribution in [0.15, 0.2) is 0 Å². The van der Waals surface area contributed by atoms with Gasteiger partial charge in [0.15, 0.2) is 0 Å². The van der Waals surface area contributed by atoms with Crippen molar-refractivity contribution in [2.75, 3.05) is 32.7 Å². The maximum Gasteiger partial charge on any atom is 0.00461 e. The highest BCUT2D eigenvalue weighted by Gasteiger charge is 1.89. The van der Waals surface area contributed by atoms with Crippen LogP contribution in [0.4, 0.5) is 0 Å². The second-order valence-corrected chi connectivity index (χ2v) is 2.20. The zero-order chi connectivity index (χ0) is 9.11.